The van der Waals surface area contributed by atoms with Gasteiger partial charge in [0.15, 0.2) is 0 Å². The molecular formula is C16H16ClN3O2. The Balaban J connectivity index is 2.25. The SMILES string of the molecule is Cc1ccc(C(=O)Nc2cc(C(=O)N(C)C)ccc2Cl)cn1. The summed E-state index contributed by atoms with van der Waals surface area (Å²) in [5.74, 6) is -0.493. The number of halogens is 1. The second-order valence-corrected chi connectivity index (χ2v) is 5.44. The molecule has 0 atom stereocenters. The quantitative estimate of drug-likeness (QED) is 0.946. The van der Waals surface area contributed by atoms with Crippen molar-refractivity contribution >= 4 is 29.1 Å². The lowest BCUT2D eigenvalue weighted by atomic mass is 10.1. The van der Waals surface area contributed by atoms with Crippen LogP contribution in [0.3, 0.4) is 0 Å². The van der Waals surface area contributed by atoms with Gasteiger partial charge in [-0.25, -0.2) is 0 Å². The first-order valence-corrected chi connectivity index (χ1v) is 7.01. The van der Waals surface area contributed by atoms with Crippen molar-refractivity contribution in [3.63, 3.8) is 0 Å². The summed E-state index contributed by atoms with van der Waals surface area (Å²) in [6, 6.07) is 8.20. The summed E-state index contributed by atoms with van der Waals surface area (Å²) in [7, 11) is 3.32. The molecule has 0 aliphatic rings. The standard InChI is InChI=1S/C16H16ClN3O2/c1-10-4-5-12(9-18-10)15(21)19-14-8-11(6-7-13(14)17)16(22)20(2)3/h4-9H,1-3H3,(H,19,21). The zero-order valence-corrected chi connectivity index (χ0v) is 13.3. The Kier molecular flexibility index (Phi) is 4.78. The van der Waals surface area contributed by atoms with Crippen molar-refractivity contribution in [2.75, 3.05) is 19.4 Å². The van der Waals surface area contributed by atoms with E-state index in [0.717, 1.165) is 5.69 Å². The van der Waals surface area contributed by atoms with Crippen LogP contribution < -0.4 is 5.32 Å². The molecule has 0 saturated heterocycles. The summed E-state index contributed by atoms with van der Waals surface area (Å²) in [4.78, 5) is 29.7. The van der Waals surface area contributed by atoms with Crippen molar-refractivity contribution < 1.29 is 9.59 Å². The second-order valence-electron chi connectivity index (χ2n) is 5.04. The van der Waals surface area contributed by atoms with Crippen molar-refractivity contribution in [3.05, 3.63) is 58.4 Å². The van der Waals surface area contributed by atoms with Crippen molar-refractivity contribution in [2.45, 2.75) is 6.92 Å². The number of hydrogen-bond acceptors (Lipinski definition) is 3. The maximum atomic E-state index is 12.2. The number of aryl methyl sites for hydroxylation is 1. The fourth-order valence-corrected chi connectivity index (χ4v) is 1.97. The van der Waals surface area contributed by atoms with Gasteiger partial charge in [0, 0.05) is 31.5 Å². The number of anilines is 1. The fourth-order valence-electron chi connectivity index (χ4n) is 1.81. The number of aromatic nitrogens is 1. The highest BCUT2D eigenvalue weighted by molar-refractivity contribution is 6.34. The number of pyridine rings is 1. The van der Waals surface area contributed by atoms with E-state index in [4.69, 9.17) is 11.6 Å². The number of benzene rings is 1. The number of nitrogens with zero attached hydrogens (tertiary/aromatic N) is 2. The van der Waals surface area contributed by atoms with E-state index in [9.17, 15) is 9.59 Å². The summed E-state index contributed by atoms with van der Waals surface area (Å²) >= 11 is 6.08. The number of carbonyl (C=O) groups is 2. The van der Waals surface area contributed by atoms with Crippen LogP contribution in [0.25, 0.3) is 0 Å². The molecule has 0 aliphatic carbocycles. The predicted molar refractivity (Wildman–Crippen MR) is 86.4 cm³/mol. The molecule has 2 amide bonds. The Labute approximate surface area is 133 Å². The molecule has 22 heavy (non-hydrogen) atoms. The lowest BCUT2D eigenvalue weighted by Crippen LogP contribution is -2.22. The highest BCUT2D eigenvalue weighted by Gasteiger charge is 2.13. The van der Waals surface area contributed by atoms with Crippen LogP contribution in [-0.2, 0) is 0 Å². The van der Waals surface area contributed by atoms with Crippen LogP contribution in [0.4, 0.5) is 5.69 Å². The molecule has 0 spiro atoms. The molecule has 1 aromatic heterocycles. The van der Waals surface area contributed by atoms with Crippen LogP contribution in [0.5, 0.6) is 0 Å². The molecule has 1 N–H and O–H groups in total. The third kappa shape index (κ3) is 3.62. The van der Waals surface area contributed by atoms with E-state index in [1.165, 1.54) is 11.1 Å². The van der Waals surface area contributed by atoms with Crippen molar-refractivity contribution in [1.29, 1.82) is 0 Å². The molecule has 5 nitrogen and oxygen atoms in total. The average Bonchev–Trinajstić information content (AvgIpc) is 2.49. The van der Waals surface area contributed by atoms with E-state index in [1.807, 2.05) is 6.92 Å². The first-order chi connectivity index (χ1) is 10.4. The normalized spacial score (nSPS) is 10.2. The van der Waals surface area contributed by atoms with Gasteiger partial charge in [0.2, 0.25) is 0 Å². The van der Waals surface area contributed by atoms with Gasteiger partial charge in [0.1, 0.15) is 0 Å². The molecule has 0 bridgehead atoms. The molecule has 0 fully saturated rings. The lowest BCUT2D eigenvalue weighted by molar-refractivity contribution is 0.0827. The van der Waals surface area contributed by atoms with Gasteiger partial charge in [-0.05, 0) is 37.3 Å². The molecule has 2 aromatic rings. The molecule has 1 heterocycles. The van der Waals surface area contributed by atoms with E-state index in [-0.39, 0.29) is 11.8 Å². The topological polar surface area (TPSA) is 62.3 Å². The molecule has 6 heteroatoms. The molecule has 114 valence electrons. The van der Waals surface area contributed by atoms with Crippen LogP contribution in [-0.4, -0.2) is 35.8 Å². The van der Waals surface area contributed by atoms with E-state index >= 15 is 0 Å². The minimum atomic E-state index is -0.330. The minimum absolute atomic E-state index is 0.163. The zero-order valence-electron chi connectivity index (χ0n) is 12.6. The molecule has 0 aliphatic heterocycles. The predicted octanol–water partition coefficient (Wildman–Crippen LogP) is 3.00. The summed E-state index contributed by atoms with van der Waals surface area (Å²) in [5, 5.41) is 3.06. The minimum Gasteiger partial charge on any atom is -0.345 e. The van der Waals surface area contributed by atoms with E-state index in [2.05, 4.69) is 10.3 Å². The lowest BCUT2D eigenvalue weighted by Gasteiger charge is -2.13. The zero-order chi connectivity index (χ0) is 16.3. The molecular weight excluding hydrogens is 302 g/mol. The third-order valence-electron chi connectivity index (χ3n) is 3.04. The van der Waals surface area contributed by atoms with Crippen molar-refractivity contribution in [1.82, 2.24) is 9.88 Å². The molecule has 0 saturated carbocycles. The molecule has 1 aromatic carbocycles. The smallest absolute Gasteiger partial charge is 0.257 e. The number of rotatable bonds is 3. The van der Waals surface area contributed by atoms with Crippen LogP contribution in [0.2, 0.25) is 5.02 Å². The Hall–Kier alpha value is -2.40. The number of amides is 2. The monoisotopic (exact) mass is 317 g/mol. The van der Waals surface area contributed by atoms with Crippen LogP contribution in [0.15, 0.2) is 36.5 Å². The van der Waals surface area contributed by atoms with Gasteiger partial charge in [-0.2, -0.15) is 0 Å². The first kappa shape index (κ1) is 16.0. The summed E-state index contributed by atoms with van der Waals surface area (Å²) in [6.45, 7) is 1.84. The second kappa shape index (κ2) is 6.58. The maximum Gasteiger partial charge on any atom is 0.257 e. The van der Waals surface area contributed by atoms with Gasteiger partial charge in [-0.15, -0.1) is 0 Å². The van der Waals surface area contributed by atoms with Crippen LogP contribution >= 0.6 is 11.6 Å². The first-order valence-electron chi connectivity index (χ1n) is 6.63. The van der Waals surface area contributed by atoms with Gasteiger partial charge in [-0.3, -0.25) is 14.6 Å². The summed E-state index contributed by atoms with van der Waals surface area (Å²) in [6.07, 6.45) is 1.49. The maximum absolute atomic E-state index is 12.2. The highest BCUT2D eigenvalue weighted by atomic mass is 35.5. The highest BCUT2D eigenvalue weighted by Crippen LogP contribution is 2.24. The van der Waals surface area contributed by atoms with E-state index < -0.39 is 0 Å². The number of hydrogen-bond donors (Lipinski definition) is 1. The van der Waals surface area contributed by atoms with Gasteiger partial charge in [0.05, 0.1) is 16.3 Å². The molecule has 2 rings (SSSR count). The van der Waals surface area contributed by atoms with Gasteiger partial charge >= 0.3 is 0 Å². The number of carbonyl (C=O) groups excluding carboxylic acids is 2. The molecule has 0 unspecified atom stereocenters. The Morgan fingerprint density at radius 2 is 1.82 bits per heavy atom. The van der Waals surface area contributed by atoms with Gasteiger partial charge < -0.3 is 10.2 Å². The average molecular weight is 318 g/mol. The van der Waals surface area contributed by atoms with Crippen molar-refractivity contribution in [3.8, 4) is 0 Å². The van der Waals surface area contributed by atoms with Crippen LogP contribution in [0, 0.1) is 6.92 Å². The van der Waals surface area contributed by atoms with Crippen LogP contribution in [0.1, 0.15) is 26.4 Å². The molecule has 0 radical (unpaired) electrons. The van der Waals surface area contributed by atoms with Gasteiger partial charge in [-0.1, -0.05) is 11.6 Å². The summed E-state index contributed by atoms with van der Waals surface area (Å²) in [5.41, 5.74) is 2.09. The van der Waals surface area contributed by atoms with Crippen molar-refractivity contribution in [2.24, 2.45) is 0 Å². The summed E-state index contributed by atoms with van der Waals surface area (Å²) < 4.78 is 0. The fraction of sp³-hybridized carbons (Fsp3) is 0.188. The Morgan fingerprint density at radius 1 is 1.14 bits per heavy atom. The van der Waals surface area contributed by atoms with E-state index in [1.54, 1.807) is 44.4 Å². The third-order valence-corrected chi connectivity index (χ3v) is 3.37. The Morgan fingerprint density at radius 3 is 2.41 bits per heavy atom. The largest absolute Gasteiger partial charge is 0.345 e. The number of nitrogens with one attached hydrogen (secondary N) is 1. The Bertz CT molecular complexity index is 712. The van der Waals surface area contributed by atoms with E-state index in [0.29, 0.717) is 21.8 Å². The van der Waals surface area contributed by atoms with Gasteiger partial charge in [0.25, 0.3) is 11.8 Å².